The molecule has 2 aliphatic carbocycles. The van der Waals surface area contributed by atoms with Crippen LogP contribution in [0.1, 0.15) is 51.1 Å². The maximum atomic E-state index is 13.8. The van der Waals surface area contributed by atoms with Crippen molar-refractivity contribution >= 4 is 30.3 Å². The van der Waals surface area contributed by atoms with Crippen molar-refractivity contribution < 1.29 is 29.5 Å². The van der Waals surface area contributed by atoms with Gasteiger partial charge < -0.3 is 19.9 Å². The van der Waals surface area contributed by atoms with Crippen LogP contribution in [0.25, 0.3) is 11.6 Å². The summed E-state index contributed by atoms with van der Waals surface area (Å²) in [4.78, 5) is 27.2. The molecule has 1 aliphatic heterocycles. The van der Waals surface area contributed by atoms with Crippen LogP contribution >= 0.6 is 0 Å². The predicted molar refractivity (Wildman–Crippen MR) is 154 cm³/mol. The zero-order chi connectivity index (χ0) is 27.8. The van der Waals surface area contributed by atoms with E-state index in [0.717, 1.165) is 27.8 Å². The molecule has 1 saturated heterocycles. The molecule has 6 rings (SSSR count). The monoisotopic (exact) mass is 534 g/mol. The number of aromatic hydroxyl groups is 1. The van der Waals surface area contributed by atoms with Crippen LogP contribution in [0.15, 0.2) is 90.0 Å². The van der Waals surface area contributed by atoms with Crippen LogP contribution in [0.5, 0.6) is 5.75 Å². The smallest absolute Gasteiger partial charge is 0.455 e. The number of carbonyl (C=O) groups is 2. The third-order valence-corrected chi connectivity index (χ3v) is 8.58. The molecule has 4 atom stereocenters. The van der Waals surface area contributed by atoms with Crippen molar-refractivity contribution in [3.8, 4) is 5.75 Å². The molecule has 1 fully saturated rings. The first kappa shape index (κ1) is 26.4. The van der Waals surface area contributed by atoms with Crippen molar-refractivity contribution in [2.75, 3.05) is 6.61 Å². The van der Waals surface area contributed by atoms with Gasteiger partial charge in [0, 0.05) is 23.0 Å². The Morgan fingerprint density at radius 3 is 2.38 bits per heavy atom. The summed E-state index contributed by atoms with van der Waals surface area (Å²) < 4.78 is 6.08. The average Bonchev–Trinajstić information content (AvgIpc) is 2.97. The summed E-state index contributed by atoms with van der Waals surface area (Å²) in [6, 6.07) is 24.0. The minimum Gasteiger partial charge on any atom is -0.508 e. The van der Waals surface area contributed by atoms with E-state index < -0.39 is 25.1 Å². The first-order valence-corrected chi connectivity index (χ1v) is 13.8. The molecule has 202 valence electrons. The minimum atomic E-state index is -1.08. The number of aliphatic hydroxyl groups excluding tert-OH is 1. The normalized spacial score (nSPS) is 24.4. The number of Topliss-reactive ketones (excluding diaryl/α,β-unsaturated/α-hetero) is 2. The molecule has 3 aromatic rings. The van der Waals surface area contributed by atoms with E-state index in [2.05, 4.69) is 0 Å². The summed E-state index contributed by atoms with van der Waals surface area (Å²) in [5.74, 6) is -1.45. The second-order valence-corrected chi connectivity index (χ2v) is 10.9. The van der Waals surface area contributed by atoms with Crippen LogP contribution in [-0.4, -0.2) is 46.6 Å². The molecule has 0 unspecified atom stereocenters. The molecule has 0 bridgehead atoms. The quantitative estimate of drug-likeness (QED) is 0.228. The summed E-state index contributed by atoms with van der Waals surface area (Å²) in [6.07, 6.45) is 3.16. The Morgan fingerprint density at radius 2 is 1.65 bits per heavy atom. The van der Waals surface area contributed by atoms with E-state index in [1.165, 1.54) is 0 Å². The zero-order valence-corrected chi connectivity index (χ0v) is 22.1. The first-order valence-electron chi connectivity index (χ1n) is 13.8. The summed E-state index contributed by atoms with van der Waals surface area (Å²) in [6.45, 7) is -0.223. The van der Waals surface area contributed by atoms with Gasteiger partial charge in [0.1, 0.15) is 5.75 Å². The molecule has 0 amide bonds. The van der Waals surface area contributed by atoms with Crippen molar-refractivity contribution in [1.29, 1.82) is 0 Å². The number of allylic oxidation sites excluding steroid dienone is 1. The molecule has 7 heteroatoms. The van der Waals surface area contributed by atoms with E-state index in [0.29, 0.717) is 30.4 Å². The summed E-state index contributed by atoms with van der Waals surface area (Å²) in [7, 11) is -1.08. The van der Waals surface area contributed by atoms with Crippen LogP contribution < -0.4 is 0 Å². The number of ketones is 2. The van der Waals surface area contributed by atoms with Crippen molar-refractivity contribution in [3.63, 3.8) is 0 Å². The van der Waals surface area contributed by atoms with Crippen LogP contribution in [0.3, 0.4) is 0 Å². The molecule has 6 nitrogen and oxygen atoms in total. The highest BCUT2D eigenvalue weighted by Crippen LogP contribution is 2.51. The molecule has 1 heterocycles. The lowest BCUT2D eigenvalue weighted by Gasteiger charge is -2.47. The highest BCUT2D eigenvalue weighted by atomic mass is 16.5. The third kappa shape index (κ3) is 4.85. The number of benzene rings is 3. The topological polar surface area (TPSA) is 104 Å². The van der Waals surface area contributed by atoms with Gasteiger partial charge in [0.05, 0.1) is 12.7 Å². The summed E-state index contributed by atoms with van der Waals surface area (Å²) in [5.41, 5.74) is 5.41. The number of hydrogen-bond acceptors (Lipinski definition) is 6. The lowest BCUT2D eigenvalue weighted by molar-refractivity contribution is 0.0591. The van der Waals surface area contributed by atoms with Gasteiger partial charge in [0.25, 0.3) is 0 Å². The second-order valence-electron chi connectivity index (χ2n) is 10.9. The lowest BCUT2D eigenvalue weighted by Crippen LogP contribution is -2.51. The van der Waals surface area contributed by atoms with E-state index in [-0.39, 0.29) is 36.2 Å². The number of aliphatic hydroxyl groups is 1. The van der Waals surface area contributed by atoms with Crippen LogP contribution in [0.4, 0.5) is 0 Å². The number of carbonyl (C=O) groups excluding carboxylic acids is 2. The Balaban J connectivity index is 1.34. The summed E-state index contributed by atoms with van der Waals surface area (Å²) >= 11 is 0. The fraction of sp³-hybridized carbons (Fsp3) is 0.273. The Hall–Kier alpha value is -3.78. The molecule has 0 saturated carbocycles. The predicted octanol–water partition coefficient (Wildman–Crippen LogP) is 5.21. The maximum Gasteiger partial charge on any atom is 0.455 e. The standard InChI is InChI=1S/C33H31BO6/c35-19-23-17-27-31(33(38)26-12-5-4-11-25(26)32(27)37)28-18-34(39)40-29(30(23)28)14-13-22(21-8-2-1-3-9-21)15-20-7-6-10-24(36)16-20/h1-12,15-16,27-29,31,35-36,39H,13-14,17-19H2/b22-15-/t27-,28+,29-,31-/m1/s1. The summed E-state index contributed by atoms with van der Waals surface area (Å²) in [5, 5.41) is 31.2. The van der Waals surface area contributed by atoms with E-state index in [9.17, 15) is 24.8 Å². The average molecular weight is 534 g/mol. The molecule has 3 aromatic carbocycles. The zero-order valence-electron chi connectivity index (χ0n) is 22.1. The Kier molecular flexibility index (Phi) is 7.28. The highest BCUT2D eigenvalue weighted by molar-refractivity contribution is 6.43. The van der Waals surface area contributed by atoms with Crippen molar-refractivity contribution in [1.82, 2.24) is 0 Å². The molecule has 0 spiro atoms. The Bertz CT molecular complexity index is 1510. The minimum absolute atomic E-state index is 0.0665. The van der Waals surface area contributed by atoms with E-state index in [1.807, 2.05) is 42.5 Å². The molecular formula is C33H31BO6. The molecule has 3 aliphatic rings. The van der Waals surface area contributed by atoms with Crippen molar-refractivity contribution in [3.05, 3.63) is 112 Å². The van der Waals surface area contributed by atoms with Gasteiger partial charge in [-0.25, -0.2) is 0 Å². The maximum absolute atomic E-state index is 13.8. The highest BCUT2D eigenvalue weighted by Gasteiger charge is 2.53. The number of phenolic OH excluding ortho intramolecular Hbond substituents is 1. The number of phenols is 1. The number of rotatable bonds is 6. The second kappa shape index (κ2) is 11.0. The van der Waals surface area contributed by atoms with Gasteiger partial charge in [-0.15, -0.1) is 0 Å². The number of fused-ring (bicyclic) bond motifs is 4. The van der Waals surface area contributed by atoms with Crippen molar-refractivity contribution in [2.45, 2.75) is 31.7 Å². The Morgan fingerprint density at radius 1 is 0.925 bits per heavy atom. The SMILES string of the molecule is O=C1c2ccccc2C(=O)[C@@H]2CC(CO)=C3[C@@H](CC/C(=C/c4cccc(O)c4)c4ccccc4)OB(O)C[C@@H]3[C@H]12. The van der Waals surface area contributed by atoms with E-state index in [4.69, 9.17) is 4.65 Å². The van der Waals surface area contributed by atoms with Gasteiger partial charge >= 0.3 is 7.12 Å². The lowest BCUT2D eigenvalue weighted by atomic mass is 9.54. The van der Waals surface area contributed by atoms with Gasteiger partial charge in [-0.3, -0.25) is 9.59 Å². The van der Waals surface area contributed by atoms with Gasteiger partial charge in [-0.1, -0.05) is 72.8 Å². The van der Waals surface area contributed by atoms with Crippen LogP contribution in [0.2, 0.25) is 6.32 Å². The number of hydrogen-bond donors (Lipinski definition) is 3. The fourth-order valence-corrected chi connectivity index (χ4v) is 6.87. The molecule has 3 N–H and O–H groups in total. The fourth-order valence-electron chi connectivity index (χ4n) is 6.87. The van der Waals surface area contributed by atoms with Crippen LogP contribution in [-0.2, 0) is 4.65 Å². The van der Waals surface area contributed by atoms with E-state index in [1.54, 1.807) is 42.5 Å². The van der Waals surface area contributed by atoms with Gasteiger partial charge in [-0.05, 0) is 71.5 Å². The van der Waals surface area contributed by atoms with Crippen molar-refractivity contribution in [2.24, 2.45) is 17.8 Å². The molecule has 0 aromatic heterocycles. The van der Waals surface area contributed by atoms with E-state index >= 15 is 0 Å². The first-order chi connectivity index (χ1) is 19.4. The molecular weight excluding hydrogens is 503 g/mol. The Labute approximate surface area is 233 Å². The van der Waals surface area contributed by atoms with Gasteiger partial charge in [0.15, 0.2) is 11.6 Å². The largest absolute Gasteiger partial charge is 0.508 e. The molecule has 40 heavy (non-hydrogen) atoms. The third-order valence-electron chi connectivity index (χ3n) is 8.58. The van der Waals surface area contributed by atoms with Gasteiger partial charge in [0.2, 0.25) is 0 Å². The molecule has 0 radical (unpaired) electrons. The van der Waals surface area contributed by atoms with Crippen LogP contribution in [0, 0.1) is 17.8 Å². The van der Waals surface area contributed by atoms with Gasteiger partial charge in [-0.2, -0.15) is 0 Å².